The van der Waals surface area contributed by atoms with E-state index >= 15 is 0 Å². The maximum atomic E-state index is 11.1. The van der Waals surface area contributed by atoms with Gasteiger partial charge in [0.05, 0.1) is 11.3 Å². The molecule has 1 aromatic heterocycles. The van der Waals surface area contributed by atoms with Crippen LogP contribution in [0.2, 0.25) is 0 Å². The van der Waals surface area contributed by atoms with Crippen LogP contribution in [0.1, 0.15) is 10.4 Å². The molecular weight excluding hydrogens is 230 g/mol. The fraction of sp³-hybridized carbons (Fsp3) is 0. The Bertz CT molecular complexity index is 719. The lowest BCUT2D eigenvalue weighted by molar-refractivity contribution is 0.0699. The number of aromatic nitrogens is 3. The Hall–Kier alpha value is -2.69. The summed E-state index contributed by atoms with van der Waals surface area (Å²) < 4.78 is 0. The minimum atomic E-state index is -0.999. The second kappa shape index (κ2) is 3.96. The zero-order chi connectivity index (χ0) is 12.5. The number of rotatable bonds is 2. The molecular formula is C13H9N3O2. The van der Waals surface area contributed by atoms with Crippen LogP contribution >= 0.6 is 0 Å². The first-order valence-electron chi connectivity index (χ1n) is 5.40. The van der Waals surface area contributed by atoms with Crippen molar-refractivity contribution in [3.8, 4) is 5.69 Å². The normalized spacial score (nSPS) is 10.7. The number of aromatic carboxylic acids is 1. The minimum Gasteiger partial charge on any atom is -0.478 e. The fourth-order valence-electron chi connectivity index (χ4n) is 1.79. The molecule has 0 saturated carbocycles. The van der Waals surface area contributed by atoms with E-state index in [1.165, 1.54) is 10.9 Å². The number of para-hydroxylation sites is 1. The lowest BCUT2D eigenvalue weighted by atomic mass is 10.2. The highest BCUT2D eigenvalue weighted by molar-refractivity contribution is 6.00. The number of fused-ring (bicyclic) bond motifs is 1. The summed E-state index contributed by atoms with van der Waals surface area (Å²) in [6.45, 7) is 0. The summed E-state index contributed by atoms with van der Waals surface area (Å²) in [6.07, 6.45) is 0. The summed E-state index contributed by atoms with van der Waals surface area (Å²) in [5.74, 6) is -0.999. The van der Waals surface area contributed by atoms with Crippen molar-refractivity contribution < 1.29 is 9.90 Å². The summed E-state index contributed by atoms with van der Waals surface area (Å²) in [7, 11) is 0. The van der Waals surface area contributed by atoms with Crippen LogP contribution in [0.25, 0.3) is 16.7 Å². The molecule has 0 bridgehead atoms. The van der Waals surface area contributed by atoms with Gasteiger partial charge in [-0.1, -0.05) is 24.3 Å². The third kappa shape index (κ3) is 1.62. The number of benzene rings is 2. The van der Waals surface area contributed by atoms with Crippen LogP contribution in [-0.2, 0) is 0 Å². The van der Waals surface area contributed by atoms with Crippen molar-refractivity contribution in [2.75, 3.05) is 0 Å². The van der Waals surface area contributed by atoms with Crippen LogP contribution in [0.5, 0.6) is 0 Å². The van der Waals surface area contributed by atoms with E-state index in [-0.39, 0.29) is 5.56 Å². The molecule has 2 aromatic carbocycles. The standard InChI is InChI=1S/C13H9N3O2/c17-13(18)10-7-4-8-11-12(10)15-16(14-11)9-5-2-1-3-6-9/h1-8H,(H,17,18). The molecule has 88 valence electrons. The van der Waals surface area contributed by atoms with Crippen LogP contribution in [0.15, 0.2) is 48.5 Å². The first-order valence-corrected chi connectivity index (χ1v) is 5.40. The van der Waals surface area contributed by atoms with E-state index in [0.29, 0.717) is 11.0 Å². The second-order valence-corrected chi connectivity index (χ2v) is 3.80. The van der Waals surface area contributed by atoms with Gasteiger partial charge in [0.15, 0.2) is 0 Å². The molecule has 0 aliphatic carbocycles. The van der Waals surface area contributed by atoms with Crippen molar-refractivity contribution in [2.24, 2.45) is 0 Å². The third-order valence-electron chi connectivity index (χ3n) is 2.63. The van der Waals surface area contributed by atoms with Gasteiger partial charge in [-0.15, -0.1) is 10.2 Å². The molecule has 1 N–H and O–H groups in total. The molecule has 3 aromatic rings. The maximum absolute atomic E-state index is 11.1. The lowest BCUT2D eigenvalue weighted by Gasteiger charge is -1.96. The van der Waals surface area contributed by atoms with Crippen LogP contribution in [-0.4, -0.2) is 26.1 Å². The molecule has 0 spiro atoms. The molecule has 0 aliphatic rings. The van der Waals surface area contributed by atoms with Gasteiger partial charge in [-0.05, 0) is 24.3 Å². The molecule has 0 fully saturated rings. The molecule has 18 heavy (non-hydrogen) atoms. The van der Waals surface area contributed by atoms with Gasteiger partial charge in [0.1, 0.15) is 11.0 Å². The highest BCUT2D eigenvalue weighted by Gasteiger charge is 2.13. The first kappa shape index (κ1) is 10.5. The van der Waals surface area contributed by atoms with Gasteiger partial charge in [-0.25, -0.2) is 4.79 Å². The van der Waals surface area contributed by atoms with Crippen LogP contribution in [0.3, 0.4) is 0 Å². The van der Waals surface area contributed by atoms with Crippen molar-refractivity contribution in [3.05, 3.63) is 54.1 Å². The van der Waals surface area contributed by atoms with Gasteiger partial charge in [-0.2, -0.15) is 4.80 Å². The zero-order valence-electron chi connectivity index (χ0n) is 9.32. The van der Waals surface area contributed by atoms with Crippen LogP contribution in [0, 0.1) is 0 Å². The predicted octanol–water partition coefficient (Wildman–Crippen LogP) is 2.12. The zero-order valence-corrected chi connectivity index (χ0v) is 9.32. The highest BCUT2D eigenvalue weighted by atomic mass is 16.4. The molecule has 0 unspecified atom stereocenters. The molecule has 0 atom stereocenters. The Kier molecular flexibility index (Phi) is 2.30. The number of carboxylic acids is 1. The van der Waals surface area contributed by atoms with E-state index in [4.69, 9.17) is 5.11 Å². The Balaban J connectivity index is 2.23. The Labute approximate surface area is 102 Å². The minimum absolute atomic E-state index is 0.162. The predicted molar refractivity (Wildman–Crippen MR) is 65.8 cm³/mol. The third-order valence-corrected chi connectivity index (χ3v) is 2.63. The van der Waals surface area contributed by atoms with Crippen molar-refractivity contribution >= 4 is 17.0 Å². The molecule has 0 amide bonds. The smallest absolute Gasteiger partial charge is 0.338 e. The molecule has 1 heterocycles. The maximum Gasteiger partial charge on any atom is 0.338 e. The molecule has 0 aliphatic heterocycles. The van der Waals surface area contributed by atoms with Crippen molar-refractivity contribution in [1.29, 1.82) is 0 Å². The molecule has 5 heteroatoms. The fourth-order valence-corrected chi connectivity index (χ4v) is 1.79. The van der Waals surface area contributed by atoms with Gasteiger partial charge in [0.25, 0.3) is 0 Å². The number of nitrogens with zero attached hydrogens (tertiary/aromatic N) is 3. The Morgan fingerprint density at radius 3 is 2.50 bits per heavy atom. The van der Waals surface area contributed by atoms with E-state index in [2.05, 4.69) is 10.2 Å². The van der Waals surface area contributed by atoms with E-state index in [1.807, 2.05) is 30.3 Å². The van der Waals surface area contributed by atoms with E-state index < -0.39 is 5.97 Å². The van der Waals surface area contributed by atoms with Gasteiger partial charge in [-0.3, -0.25) is 0 Å². The van der Waals surface area contributed by atoms with Crippen LogP contribution in [0.4, 0.5) is 0 Å². The molecule has 0 saturated heterocycles. The van der Waals surface area contributed by atoms with Gasteiger partial charge < -0.3 is 5.11 Å². The largest absolute Gasteiger partial charge is 0.478 e. The van der Waals surface area contributed by atoms with Gasteiger partial charge >= 0.3 is 5.97 Å². The number of carboxylic acid groups (broad SMARTS) is 1. The number of hydrogen-bond acceptors (Lipinski definition) is 3. The van der Waals surface area contributed by atoms with E-state index in [1.54, 1.807) is 12.1 Å². The number of hydrogen-bond donors (Lipinski definition) is 1. The summed E-state index contributed by atoms with van der Waals surface area (Å²) in [5, 5.41) is 17.6. The monoisotopic (exact) mass is 239 g/mol. The highest BCUT2D eigenvalue weighted by Crippen LogP contribution is 2.16. The van der Waals surface area contributed by atoms with Crippen molar-refractivity contribution in [1.82, 2.24) is 15.0 Å². The first-order chi connectivity index (χ1) is 8.75. The second-order valence-electron chi connectivity index (χ2n) is 3.80. The number of carbonyl (C=O) groups is 1. The Morgan fingerprint density at radius 2 is 1.78 bits per heavy atom. The molecule has 0 radical (unpaired) electrons. The lowest BCUT2D eigenvalue weighted by Crippen LogP contribution is -1.99. The van der Waals surface area contributed by atoms with Gasteiger partial charge in [0, 0.05) is 0 Å². The van der Waals surface area contributed by atoms with Crippen LogP contribution < -0.4 is 0 Å². The Morgan fingerprint density at radius 1 is 1.00 bits per heavy atom. The molecule has 3 rings (SSSR count). The average molecular weight is 239 g/mol. The van der Waals surface area contributed by atoms with E-state index in [9.17, 15) is 4.79 Å². The van der Waals surface area contributed by atoms with Crippen molar-refractivity contribution in [2.45, 2.75) is 0 Å². The van der Waals surface area contributed by atoms with E-state index in [0.717, 1.165) is 5.69 Å². The summed E-state index contributed by atoms with van der Waals surface area (Å²) >= 11 is 0. The van der Waals surface area contributed by atoms with Gasteiger partial charge in [0.2, 0.25) is 0 Å². The quantitative estimate of drug-likeness (QED) is 0.743. The summed E-state index contributed by atoms with van der Waals surface area (Å²) in [5.41, 5.74) is 1.92. The molecule has 5 nitrogen and oxygen atoms in total. The summed E-state index contributed by atoms with van der Waals surface area (Å²) in [4.78, 5) is 12.5. The summed E-state index contributed by atoms with van der Waals surface area (Å²) in [6, 6.07) is 14.3. The average Bonchev–Trinajstić information content (AvgIpc) is 2.83. The topological polar surface area (TPSA) is 68.0 Å². The van der Waals surface area contributed by atoms with Crippen molar-refractivity contribution in [3.63, 3.8) is 0 Å². The SMILES string of the molecule is O=C(O)c1cccc2nn(-c3ccccc3)nc12.